The largest absolute Gasteiger partial charge is 0.497 e. The number of rotatable bonds is 3. The molecule has 2 amide bonds. The van der Waals surface area contributed by atoms with Crippen molar-refractivity contribution in [2.75, 3.05) is 33.3 Å². The van der Waals surface area contributed by atoms with Crippen LogP contribution in [0, 0.1) is 0 Å². The van der Waals surface area contributed by atoms with Crippen molar-refractivity contribution < 1.29 is 18.7 Å². The molecule has 6 nitrogen and oxygen atoms in total. The summed E-state index contributed by atoms with van der Waals surface area (Å²) in [5.41, 5.74) is 1.23. The smallest absolute Gasteiger partial charge is 0.289 e. The number of hydrogen-bond acceptors (Lipinski definition) is 4. The summed E-state index contributed by atoms with van der Waals surface area (Å²) in [6.07, 6.45) is 0. The number of hydrogen-bond donors (Lipinski definition) is 0. The molecular formula is C21H19ClN2O4. The average molecular weight is 399 g/mol. The van der Waals surface area contributed by atoms with Crippen LogP contribution in [0.1, 0.15) is 20.9 Å². The van der Waals surface area contributed by atoms with Gasteiger partial charge in [0.05, 0.1) is 7.11 Å². The van der Waals surface area contributed by atoms with E-state index in [4.69, 9.17) is 20.8 Å². The van der Waals surface area contributed by atoms with E-state index in [2.05, 4.69) is 0 Å². The second-order valence-electron chi connectivity index (χ2n) is 6.61. The van der Waals surface area contributed by atoms with E-state index in [9.17, 15) is 9.59 Å². The van der Waals surface area contributed by atoms with Crippen LogP contribution < -0.4 is 4.74 Å². The van der Waals surface area contributed by atoms with Crippen LogP contribution >= 0.6 is 11.6 Å². The van der Waals surface area contributed by atoms with Gasteiger partial charge < -0.3 is 19.0 Å². The molecule has 2 heterocycles. The highest BCUT2D eigenvalue weighted by Gasteiger charge is 2.27. The molecule has 3 aromatic rings. The monoisotopic (exact) mass is 398 g/mol. The number of piperazine rings is 1. The number of fused-ring (bicyclic) bond motifs is 1. The van der Waals surface area contributed by atoms with Crippen LogP contribution in [0.15, 0.2) is 52.9 Å². The molecule has 0 N–H and O–H groups in total. The number of carbonyl (C=O) groups is 2. The lowest BCUT2D eigenvalue weighted by Crippen LogP contribution is -2.50. The molecule has 1 aliphatic heterocycles. The van der Waals surface area contributed by atoms with E-state index < -0.39 is 0 Å². The fourth-order valence-corrected chi connectivity index (χ4v) is 3.48. The Morgan fingerprint density at radius 2 is 1.57 bits per heavy atom. The Morgan fingerprint density at radius 3 is 2.21 bits per heavy atom. The highest BCUT2D eigenvalue weighted by atomic mass is 35.5. The molecule has 7 heteroatoms. The van der Waals surface area contributed by atoms with E-state index in [1.54, 1.807) is 65.4 Å². The van der Waals surface area contributed by atoms with E-state index >= 15 is 0 Å². The summed E-state index contributed by atoms with van der Waals surface area (Å²) in [6, 6.07) is 14.0. The fraction of sp³-hybridized carbons (Fsp3) is 0.238. The van der Waals surface area contributed by atoms with Crippen molar-refractivity contribution in [2.24, 2.45) is 0 Å². The SMILES string of the molecule is COc1ccc(C(=O)N2CCN(C(=O)c3cc4cc(Cl)ccc4o3)CC2)cc1. The van der Waals surface area contributed by atoms with Gasteiger partial charge in [-0.25, -0.2) is 0 Å². The van der Waals surface area contributed by atoms with Gasteiger partial charge >= 0.3 is 0 Å². The van der Waals surface area contributed by atoms with Crippen molar-refractivity contribution in [3.05, 3.63) is 64.9 Å². The number of ether oxygens (including phenoxy) is 1. The van der Waals surface area contributed by atoms with Crippen molar-refractivity contribution >= 4 is 34.4 Å². The molecule has 0 aliphatic carbocycles. The van der Waals surface area contributed by atoms with Gasteiger partial charge in [-0.15, -0.1) is 0 Å². The molecule has 2 aromatic carbocycles. The second kappa shape index (κ2) is 7.56. The van der Waals surface area contributed by atoms with Crippen molar-refractivity contribution in [3.8, 4) is 5.75 Å². The fourth-order valence-electron chi connectivity index (χ4n) is 3.30. The number of methoxy groups -OCH3 is 1. The van der Waals surface area contributed by atoms with Crippen molar-refractivity contribution in [3.63, 3.8) is 0 Å². The van der Waals surface area contributed by atoms with Gasteiger partial charge in [0, 0.05) is 42.2 Å². The van der Waals surface area contributed by atoms with Gasteiger partial charge in [0.1, 0.15) is 11.3 Å². The Kier molecular flexibility index (Phi) is 4.96. The quantitative estimate of drug-likeness (QED) is 0.675. The predicted octanol–water partition coefficient (Wildman–Crippen LogP) is 3.69. The van der Waals surface area contributed by atoms with Gasteiger partial charge in [0.15, 0.2) is 5.76 Å². The van der Waals surface area contributed by atoms with E-state index in [0.717, 1.165) is 5.39 Å². The topological polar surface area (TPSA) is 63.0 Å². The molecule has 0 bridgehead atoms. The number of carbonyl (C=O) groups excluding carboxylic acids is 2. The third-order valence-electron chi connectivity index (χ3n) is 4.88. The van der Waals surface area contributed by atoms with E-state index in [1.807, 2.05) is 0 Å². The van der Waals surface area contributed by atoms with E-state index in [-0.39, 0.29) is 17.6 Å². The first-order chi connectivity index (χ1) is 13.5. The molecule has 28 heavy (non-hydrogen) atoms. The molecule has 0 radical (unpaired) electrons. The minimum absolute atomic E-state index is 0.0480. The number of benzene rings is 2. The normalized spacial score (nSPS) is 14.4. The second-order valence-corrected chi connectivity index (χ2v) is 7.04. The molecule has 0 atom stereocenters. The van der Waals surface area contributed by atoms with Crippen LogP contribution in [-0.4, -0.2) is 54.9 Å². The number of nitrogens with zero attached hydrogens (tertiary/aromatic N) is 2. The molecular weight excluding hydrogens is 380 g/mol. The molecule has 1 fully saturated rings. The van der Waals surface area contributed by atoms with Gasteiger partial charge in [-0.1, -0.05) is 11.6 Å². The summed E-state index contributed by atoms with van der Waals surface area (Å²) >= 11 is 5.99. The number of halogens is 1. The highest BCUT2D eigenvalue weighted by Crippen LogP contribution is 2.24. The number of amides is 2. The Labute approximate surface area is 167 Å². The van der Waals surface area contributed by atoms with Crippen LogP contribution in [0.5, 0.6) is 5.75 Å². The molecule has 0 spiro atoms. The Hall–Kier alpha value is -2.99. The van der Waals surface area contributed by atoms with Crippen molar-refractivity contribution in [2.45, 2.75) is 0 Å². The molecule has 0 unspecified atom stereocenters. The maximum absolute atomic E-state index is 12.8. The molecule has 1 saturated heterocycles. The van der Waals surface area contributed by atoms with E-state index in [0.29, 0.717) is 48.1 Å². The third-order valence-corrected chi connectivity index (χ3v) is 5.12. The Bertz CT molecular complexity index is 1020. The molecule has 4 rings (SSSR count). The molecule has 1 aliphatic rings. The van der Waals surface area contributed by atoms with Gasteiger partial charge in [-0.3, -0.25) is 9.59 Å². The minimum atomic E-state index is -0.177. The maximum atomic E-state index is 12.8. The summed E-state index contributed by atoms with van der Waals surface area (Å²) in [5, 5.41) is 1.39. The van der Waals surface area contributed by atoms with Crippen LogP contribution in [0.4, 0.5) is 0 Å². The van der Waals surface area contributed by atoms with Gasteiger partial charge in [-0.2, -0.15) is 0 Å². The predicted molar refractivity (Wildman–Crippen MR) is 106 cm³/mol. The summed E-state index contributed by atoms with van der Waals surface area (Å²) in [4.78, 5) is 28.9. The summed E-state index contributed by atoms with van der Waals surface area (Å²) < 4.78 is 10.8. The zero-order valence-electron chi connectivity index (χ0n) is 15.4. The lowest BCUT2D eigenvalue weighted by atomic mass is 10.1. The summed E-state index contributed by atoms with van der Waals surface area (Å²) in [5.74, 6) is 0.767. The molecule has 0 saturated carbocycles. The maximum Gasteiger partial charge on any atom is 0.289 e. The first-order valence-electron chi connectivity index (χ1n) is 8.97. The van der Waals surface area contributed by atoms with Gasteiger partial charge in [0.25, 0.3) is 11.8 Å². The van der Waals surface area contributed by atoms with Crippen molar-refractivity contribution in [1.82, 2.24) is 9.80 Å². The van der Waals surface area contributed by atoms with Gasteiger partial charge in [0.2, 0.25) is 0 Å². The Morgan fingerprint density at radius 1 is 0.929 bits per heavy atom. The Balaban J connectivity index is 1.41. The lowest BCUT2D eigenvalue weighted by Gasteiger charge is -2.34. The van der Waals surface area contributed by atoms with Crippen LogP contribution in [0.2, 0.25) is 5.02 Å². The van der Waals surface area contributed by atoms with Crippen molar-refractivity contribution in [1.29, 1.82) is 0 Å². The minimum Gasteiger partial charge on any atom is -0.497 e. The van der Waals surface area contributed by atoms with Crippen LogP contribution in [0.3, 0.4) is 0 Å². The van der Waals surface area contributed by atoms with Crippen LogP contribution in [-0.2, 0) is 0 Å². The standard InChI is InChI=1S/C21H19ClN2O4/c1-27-17-5-2-14(3-6-17)20(25)23-8-10-24(11-9-23)21(26)19-13-15-12-16(22)4-7-18(15)28-19/h2-7,12-13H,8-11H2,1H3. The first kappa shape index (κ1) is 18.4. The average Bonchev–Trinajstić information content (AvgIpc) is 3.16. The lowest BCUT2D eigenvalue weighted by molar-refractivity contribution is 0.0519. The highest BCUT2D eigenvalue weighted by molar-refractivity contribution is 6.31. The zero-order chi connectivity index (χ0) is 19.7. The summed E-state index contributed by atoms with van der Waals surface area (Å²) in [6.45, 7) is 1.86. The molecule has 144 valence electrons. The first-order valence-corrected chi connectivity index (χ1v) is 9.34. The zero-order valence-corrected chi connectivity index (χ0v) is 16.1. The molecule has 1 aromatic heterocycles. The van der Waals surface area contributed by atoms with Gasteiger partial charge in [-0.05, 0) is 48.5 Å². The third kappa shape index (κ3) is 3.55. The van der Waals surface area contributed by atoms with E-state index in [1.165, 1.54) is 0 Å². The number of furan rings is 1. The summed E-state index contributed by atoms with van der Waals surface area (Å²) in [7, 11) is 1.59. The van der Waals surface area contributed by atoms with Crippen LogP contribution in [0.25, 0.3) is 11.0 Å².